The first-order chi connectivity index (χ1) is 30.2. The van der Waals surface area contributed by atoms with Crippen LogP contribution >= 0.6 is 0 Å². The molecule has 0 fully saturated rings. The first-order valence-corrected chi connectivity index (χ1v) is 20.6. The van der Waals surface area contributed by atoms with Gasteiger partial charge in [-0.3, -0.25) is 0 Å². The molecule has 4 heteroatoms. The molecule has 12 rings (SSSR count). The minimum atomic E-state index is -0.550. The molecule has 0 saturated carbocycles. The Labute approximate surface area is 353 Å². The predicted octanol–water partition coefficient (Wildman–Crippen LogP) is 13.6. The van der Waals surface area contributed by atoms with Crippen molar-refractivity contribution in [3.8, 4) is 84.7 Å². The van der Waals surface area contributed by atoms with Crippen molar-refractivity contribution in [1.29, 1.82) is 5.26 Å². The number of fused-ring (bicyclic) bond motifs is 12. The maximum atomic E-state index is 9.63. The van der Waals surface area contributed by atoms with Gasteiger partial charge in [0.25, 0.3) is 0 Å². The molecule has 1 aromatic heterocycles. The zero-order valence-corrected chi connectivity index (χ0v) is 32.9. The van der Waals surface area contributed by atoms with E-state index in [9.17, 15) is 5.26 Å². The number of nitrogens with zero attached hydrogens (tertiary/aromatic N) is 4. The minimum Gasteiger partial charge on any atom is -0.208 e. The third-order valence-corrected chi connectivity index (χ3v) is 12.6. The second kappa shape index (κ2) is 13.7. The molecule has 10 aromatic rings. The van der Waals surface area contributed by atoms with Crippen molar-refractivity contribution in [1.82, 2.24) is 15.0 Å². The number of benzene rings is 9. The van der Waals surface area contributed by atoms with Gasteiger partial charge in [0.15, 0.2) is 17.5 Å². The highest BCUT2D eigenvalue weighted by Crippen LogP contribution is 2.65. The third-order valence-electron chi connectivity index (χ3n) is 12.6. The Kier molecular flexibility index (Phi) is 7.78. The van der Waals surface area contributed by atoms with Crippen LogP contribution in [0, 0.1) is 11.3 Å². The number of nitriles is 1. The number of hydrogen-bond acceptors (Lipinski definition) is 4. The highest BCUT2D eigenvalue weighted by molar-refractivity contribution is 6.12. The van der Waals surface area contributed by atoms with Crippen LogP contribution in [0.2, 0.25) is 0 Å². The second-order valence-corrected chi connectivity index (χ2v) is 15.8. The third kappa shape index (κ3) is 5.21. The van der Waals surface area contributed by atoms with Crippen molar-refractivity contribution >= 4 is 10.8 Å². The zero-order chi connectivity index (χ0) is 40.5. The van der Waals surface area contributed by atoms with E-state index in [1.54, 1.807) is 0 Å². The summed E-state index contributed by atoms with van der Waals surface area (Å²) in [4.78, 5) is 14.9. The maximum Gasteiger partial charge on any atom is 0.164 e. The summed E-state index contributed by atoms with van der Waals surface area (Å²) in [6.45, 7) is 0. The first-order valence-electron chi connectivity index (χ1n) is 20.6. The number of rotatable bonds is 5. The summed E-state index contributed by atoms with van der Waals surface area (Å²) in [6.07, 6.45) is 0. The summed E-state index contributed by atoms with van der Waals surface area (Å²) in [5, 5.41) is 12.1. The summed E-state index contributed by atoms with van der Waals surface area (Å²) in [6, 6.07) is 75.2. The molecular weight excluding hydrogens is 741 g/mol. The van der Waals surface area contributed by atoms with E-state index in [4.69, 9.17) is 15.0 Å². The molecule has 0 N–H and O–H groups in total. The predicted molar refractivity (Wildman–Crippen MR) is 246 cm³/mol. The molecule has 2 aliphatic rings. The molecule has 1 spiro atoms. The number of hydrogen-bond donors (Lipinski definition) is 0. The van der Waals surface area contributed by atoms with E-state index in [0.717, 1.165) is 33.4 Å². The largest absolute Gasteiger partial charge is 0.208 e. The number of aromatic nitrogens is 3. The van der Waals surface area contributed by atoms with Gasteiger partial charge in [-0.15, -0.1) is 0 Å². The summed E-state index contributed by atoms with van der Waals surface area (Å²) in [7, 11) is 0. The van der Waals surface area contributed by atoms with Crippen molar-refractivity contribution in [2.45, 2.75) is 5.41 Å². The molecule has 1 unspecified atom stereocenters. The summed E-state index contributed by atoms with van der Waals surface area (Å²) >= 11 is 0. The van der Waals surface area contributed by atoms with Crippen LogP contribution < -0.4 is 0 Å². The van der Waals surface area contributed by atoms with Crippen LogP contribution in [-0.2, 0) is 5.41 Å². The van der Waals surface area contributed by atoms with Gasteiger partial charge >= 0.3 is 0 Å². The van der Waals surface area contributed by atoms with Crippen LogP contribution in [0.5, 0.6) is 0 Å². The van der Waals surface area contributed by atoms with Crippen molar-refractivity contribution in [3.63, 3.8) is 0 Å². The molecule has 0 aliphatic heterocycles. The molecule has 9 aromatic carbocycles. The second-order valence-electron chi connectivity index (χ2n) is 15.8. The van der Waals surface area contributed by atoms with Gasteiger partial charge in [0.2, 0.25) is 0 Å². The lowest BCUT2D eigenvalue weighted by atomic mass is 9.69. The zero-order valence-electron chi connectivity index (χ0n) is 32.9. The molecule has 0 saturated heterocycles. The summed E-state index contributed by atoms with van der Waals surface area (Å²) in [5.41, 5.74) is 17.6. The summed E-state index contributed by atoms with van der Waals surface area (Å²) in [5.74, 6) is 1.92. The Morgan fingerprint density at radius 1 is 0.328 bits per heavy atom. The Bertz CT molecular complexity index is 3350. The van der Waals surface area contributed by atoms with Gasteiger partial charge in [0.1, 0.15) is 0 Å². The average Bonchev–Trinajstić information content (AvgIpc) is 3.82. The van der Waals surface area contributed by atoms with Gasteiger partial charge < -0.3 is 0 Å². The summed E-state index contributed by atoms with van der Waals surface area (Å²) < 4.78 is 0. The molecule has 0 amide bonds. The van der Waals surface area contributed by atoms with Gasteiger partial charge in [-0.05, 0) is 95.7 Å². The Morgan fingerprint density at radius 2 is 0.770 bits per heavy atom. The quantitative estimate of drug-likeness (QED) is 0.175. The first kappa shape index (κ1) is 34.8. The van der Waals surface area contributed by atoms with Crippen molar-refractivity contribution in [3.05, 3.63) is 234 Å². The average molecular weight is 775 g/mol. The van der Waals surface area contributed by atoms with Crippen LogP contribution in [0.3, 0.4) is 0 Å². The highest BCUT2D eigenvalue weighted by atomic mass is 15.0. The smallest absolute Gasteiger partial charge is 0.164 e. The molecule has 4 nitrogen and oxygen atoms in total. The maximum absolute atomic E-state index is 9.63. The van der Waals surface area contributed by atoms with Crippen LogP contribution in [0.4, 0.5) is 0 Å². The van der Waals surface area contributed by atoms with Crippen molar-refractivity contribution in [2.75, 3.05) is 0 Å². The fraction of sp³-hybridized carbons (Fsp3) is 0.0175. The Hall–Kier alpha value is -8.26. The molecule has 1 heterocycles. The molecular formula is C57H34N4. The van der Waals surface area contributed by atoms with Gasteiger partial charge in [-0.1, -0.05) is 188 Å². The molecule has 0 bridgehead atoms. The van der Waals surface area contributed by atoms with Crippen molar-refractivity contribution in [2.24, 2.45) is 0 Å². The van der Waals surface area contributed by atoms with Crippen LogP contribution in [-0.4, -0.2) is 15.0 Å². The van der Waals surface area contributed by atoms with Gasteiger partial charge in [0.05, 0.1) is 17.0 Å². The molecule has 282 valence electrons. The van der Waals surface area contributed by atoms with Crippen LogP contribution in [0.15, 0.2) is 206 Å². The lowest BCUT2D eigenvalue weighted by molar-refractivity contribution is 0.795. The van der Waals surface area contributed by atoms with E-state index in [1.165, 1.54) is 60.8 Å². The standard InChI is InChI=1S/C57H34N4/c58-35-36-26-28-38(29-27-36)47-34-51-53(44-19-8-7-18-43(44)47)46-21-10-12-24-49(46)57(51)48-23-11-9-20-45(48)52-42(22-13-25-50(52)57)37-30-32-41(33-31-37)56-60-54(39-14-3-1-4-15-39)59-55(61-56)40-16-5-2-6-17-40/h1-34H. The van der Waals surface area contributed by atoms with Crippen molar-refractivity contribution < 1.29 is 0 Å². The molecule has 61 heavy (non-hydrogen) atoms. The Balaban J connectivity index is 1.05. The minimum absolute atomic E-state index is 0.550. The fourth-order valence-corrected chi connectivity index (χ4v) is 9.98. The van der Waals surface area contributed by atoms with E-state index in [1.807, 2.05) is 72.8 Å². The fourth-order valence-electron chi connectivity index (χ4n) is 9.98. The van der Waals surface area contributed by atoms with Gasteiger partial charge in [0, 0.05) is 16.7 Å². The van der Waals surface area contributed by atoms with E-state index in [0.29, 0.717) is 23.0 Å². The van der Waals surface area contributed by atoms with E-state index in [-0.39, 0.29) is 0 Å². The van der Waals surface area contributed by atoms with E-state index < -0.39 is 5.41 Å². The topological polar surface area (TPSA) is 62.5 Å². The Morgan fingerprint density at radius 3 is 1.38 bits per heavy atom. The highest BCUT2D eigenvalue weighted by Gasteiger charge is 2.52. The lowest BCUT2D eigenvalue weighted by Crippen LogP contribution is -2.26. The molecule has 2 aliphatic carbocycles. The monoisotopic (exact) mass is 774 g/mol. The van der Waals surface area contributed by atoms with Gasteiger partial charge in [-0.2, -0.15) is 5.26 Å². The lowest BCUT2D eigenvalue weighted by Gasteiger charge is -2.31. The normalized spacial score (nSPS) is 14.3. The van der Waals surface area contributed by atoms with E-state index >= 15 is 0 Å². The molecule has 0 radical (unpaired) electrons. The van der Waals surface area contributed by atoms with Crippen LogP contribution in [0.1, 0.15) is 27.8 Å². The van der Waals surface area contributed by atoms with Gasteiger partial charge in [-0.25, -0.2) is 15.0 Å². The molecule has 1 atom stereocenters. The SMILES string of the molecule is N#Cc1ccc(-c2cc3c(c4ccccc24)-c2ccccc2C32c3ccccc3-c3c(-c4ccc(-c5nc(-c6ccccc6)nc(-c6ccccc6)n5)cc4)cccc32)cc1. The van der Waals surface area contributed by atoms with E-state index in [2.05, 4.69) is 140 Å². The van der Waals surface area contributed by atoms with Crippen LogP contribution in [0.25, 0.3) is 89.4 Å².